The molecule has 0 saturated carbocycles. The van der Waals surface area contributed by atoms with Crippen LogP contribution in [0.4, 0.5) is 10.1 Å². The van der Waals surface area contributed by atoms with E-state index >= 15 is 0 Å². The Morgan fingerprint density at radius 1 is 0.957 bits per heavy atom. The number of para-hydroxylation sites is 1. The van der Waals surface area contributed by atoms with Crippen molar-refractivity contribution in [3.05, 3.63) is 174 Å². The second-order valence-electron chi connectivity index (χ2n) is 11.1. The Morgan fingerprint density at radius 2 is 1.68 bits per heavy atom. The molecule has 232 valence electrons. The molecule has 1 aromatic heterocycles. The number of halogens is 2. The van der Waals surface area contributed by atoms with Gasteiger partial charge in [0.05, 0.1) is 21.8 Å². The van der Waals surface area contributed by atoms with Crippen molar-refractivity contribution in [2.45, 2.75) is 19.6 Å². The summed E-state index contributed by atoms with van der Waals surface area (Å²) < 4.78 is 22.3. The van der Waals surface area contributed by atoms with Gasteiger partial charge in [-0.05, 0) is 77.4 Å². The van der Waals surface area contributed by atoms with E-state index in [0.29, 0.717) is 49.2 Å². The van der Waals surface area contributed by atoms with Crippen LogP contribution in [0.2, 0.25) is 5.02 Å². The van der Waals surface area contributed by atoms with Crippen molar-refractivity contribution in [1.29, 1.82) is 0 Å². The quantitative estimate of drug-likeness (QED) is 0.194. The number of ether oxygens (including phenoxy) is 1. The molecule has 7 rings (SSSR count). The van der Waals surface area contributed by atoms with Crippen LogP contribution in [0.3, 0.4) is 0 Å². The van der Waals surface area contributed by atoms with Crippen molar-refractivity contribution in [2.75, 3.05) is 5.32 Å². The summed E-state index contributed by atoms with van der Waals surface area (Å²) in [7, 11) is 0. The zero-order valence-electron chi connectivity index (χ0n) is 25.1. The van der Waals surface area contributed by atoms with Gasteiger partial charge in [-0.1, -0.05) is 95.7 Å². The van der Waals surface area contributed by atoms with E-state index in [2.05, 4.69) is 5.32 Å². The summed E-state index contributed by atoms with van der Waals surface area (Å²) >= 11 is 7.30. The number of nitrogens with zero attached hydrogens (tertiary/aromatic N) is 2. The smallest absolute Gasteiger partial charge is 0.271 e. The first-order chi connectivity index (χ1) is 22.9. The molecule has 0 saturated heterocycles. The van der Waals surface area contributed by atoms with Gasteiger partial charge in [0.1, 0.15) is 18.2 Å². The SMILES string of the molecule is CC1=C(C(=O)Nc2ccccc2)C(c2ccc(F)cc2)n2c(s/c(=C\c3c(OCc4ccc(Cl)cc4)ccc4ccccc34)c2=O)=N1. The first-order valence-corrected chi connectivity index (χ1v) is 16.1. The van der Waals surface area contributed by atoms with Gasteiger partial charge in [-0.3, -0.25) is 14.2 Å². The van der Waals surface area contributed by atoms with Crippen molar-refractivity contribution < 1.29 is 13.9 Å². The molecule has 1 aliphatic rings. The highest BCUT2D eigenvalue weighted by Gasteiger charge is 2.32. The van der Waals surface area contributed by atoms with E-state index in [0.717, 1.165) is 21.9 Å². The average Bonchev–Trinajstić information content (AvgIpc) is 3.39. The molecule has 9 heteroatoms. The third-order valence-electron chi connectivity index (χ3n) is 8.00. The van der Waals surface area contributed by atoms with Crippen LogP contribution >= 0.6 is 22.9 Å². The molecule has 0 bridgehead atoms. The zero-order valence-corrected chi connectivity index (χ0v) is 26.7. The molecular formula is C38H27ClFN3O3S. The number of rotatable bonds is 7. The molecule has 0 radical (unpaired) electrons. The molecule has 1 unspecified atom stereocenters. The van der Waals surface area contributed by atoms with Crippen LogP contribution in [0.5, 0.6) is 5.75 Å². The van der Waals surface area contributed by atoms with Gasteiger partial charge in [0, 0.05) is 16.3 Å². The van der Waals surface area contributed by atoms with Gasteiger partial charge in [0.25, 0.3) is 11.5 Å². The number of carbonyl (C=O) groups excluding carboxylic acids is 1. The first kappa shape index (κ1) is 30.3. The Balaban J connectivity index is 1.36. The minimum atomic E-state index is -0.828. The standard InChI is InChI=1S/C38H27ClFN3O3S/c1-23-34(36(44)42-29-8-3-2-4-9-29)35(26-13-18-28(40)19-14-26)43-37(45)33(47-38(43)41-23)21-31-30-10-6-5-7-25(30)15-20-32(31)46-22-24-11-16-27(39)17-12-24/h2-21,35H,22H2,1H3,(H,42,44)/b33-21-. The summed E-state index contributed by atoms with van der Waals surface area (Å²) in [5.74, 6) is -0.203. The molecule has 5 aromatic carbocycles. The second-order valence-corrected chi connectivity index (χ2v) is 12.5. The van der Waals surface area contributed by atoms with Gasteiger partial charge in [-0.15, -0.1) is 0 Å². The Hall–Kier alpha value is -5.31. The molecule has 0 aliphatic carbocycles. The van der Waals surface area contributed by atoms with E-state index < -0.39 is 17.8 Å². The Morgan fingerprint density at radius 3 is 2.45 bits per heavy atom. The summed E-state index contributed by atoms with van der Waals surface area (Å²) in [6, 6.07) is 33.3. The monoisotopic (exact) mass is 659 g/mol. The lowest BCUT2D eigenvalue weighted by Crippen LogP contribution is -2.40. The lowest BCUT2D eigenvalue weighted by Gasteiger charge is -2.25. The normalized spacial score (nSPS) is 14.5. The fraction of sp³-hybridized carbons (Fsp3) is 0.0789. The number of carbonyl (C=O) groups is 1. The van der Waals surface area contributed by atoms with E-state index in [1.807, 2.05) is 84.9 Å². The molecule has 1 atom stereocenters. The summed E-state index contributed by atoms with van der Waals surface area (Å²) in [6.07, 6.45) is 1.83. The molecule has 1 aliphatic heterocycles. The van der Waals surface area contributed by atoms with Gasteiger partial charge >= 0.3 is 0 Å². The molecular weight excluding hydrogens is 633 g/mol. The summed E-state index contributed by atoms with van der Waals surface area (Å²) in [5.41, 5.74) is 3.34. The number of thiazole rings is 1. The minimum Gasteiger partial charge on any atom is -0.488 e. The fourth-order valence-corrected chi connectivity index (χ4v) is 6.87. The van der Waals surface area contributed by atoms with E-state index in [1.165, 1.54) is 28.0 Å². The van der Waals surface area contributed by atoms with Crippen molar-refractivity contribution in [3.8, 4) is 5.75 Å². The molecule has 0 fully saturated rings. The Bertz CT molecular complexity index is 2350. The second kappa shape index (κ2) is 12.8. The topological polar surface area (TPSA) is 72.7 Å². The maximum absolute atomic E-state index is 14.4. The number of benzene rings is 5. The van der Waals surface area contributed by atoms with Crippen LogP contribution in [0.1, 0.15) is 29.7 Å². The molecule has 6 aromatic rings. The number of nitrogens with one attached hydrogen (secondary N) is 1. The maximum Gasteiger partial charge on any atom is 0.271 e. The summed E-state index contributed by atoms with van der Waals surface area (Å²) in [6.45, 7) is 2.06. The summed E-state index contributed by atoms with van der Waals surface area (Å²) in [5, 5.41) is 5.49. The van der Waals surface area contributed by atoms with Crippen LogP contribution in [-0.4, -0.2) is 10.5 Å². The third kappa shape index (κ3) is 6.13. The van der Waals surface area contributed by atoms with Crippen LogP contribution in [0.25, 0.3) is 16.8 Å². The number of aromatic nitrogens is 1. The summed E-state index contributed by atoms with van der Waals surface area (Å²) in [4.78, 5) is 33.3. The molecule has 1 amide bonds. The number of amides is 1. The first-order valence-electron chi connectivity index (χ1n) is 14.9. The molecule has 0 spiro atoms. The number of hydrogen-bond donors (Lipinski definition) is 1. The van der Waals surface area contributed by atoms with Gasteiger partial charge in [0.2, 0.25) is 0 Å². The number of hydrogen-bond acceptors (Lipinski definition) is 5. The van der Waals surface area contributed by atoms with Crippen molar-refractivity contribution in [3.63, 3.8) is 0 Å². The predicted molar refractivity (Wildman–Crippen MR) is 185 cm³/mol. The lowest BCUT2D eigenvalue weighted by atomic mass is 9.95. The fourth-order valence-electron chi connectivity index (χ4n) is 5.72. The average molecular weight is 660 g/mol. The van der Waals surface area contributed by atoms with Crippen LogP contribution in [-0.2, 0) is 11.4 Å². The van der Waals surface area contributed by atoms with Crippen molar-refractivity contribution in [1.82, 2.24) is 4.57 Å². The van der Waals surface area contributed by atoms with Crippen LogP contribution < -0.4 is 24.9 Å². The van der Waals surface area contributed by atoms with E-state index in [9.17, 15) is 14.0 Å². The van der Waals surface area contributed by atoms with Crippen LogP contribution in [0, 0.1) is 5.82 Å². The maximum atomic E-state index is 14.4. The lowest BCUT2D eigenvalue weighted by molar-refractivity contribution is -0.113. The van der Waals surface area contributed by atoms with Gasteiger partial charge in [-0.2, -0.15) is 0 Å². The Kier molecular flexibility index (Phi) is 8.28. The highest BCUT2D eigenvalue weighted by atomic mass is 35.5. The highest BCUT2D eigenvalue weighted by molar-refractivity contribution is 7.07. The van der Waals surface area contributed by atoms with Gasteiger partial charge in [0.15, 0.2) is 4.80 Å². The van der Waals surface area contributed by atoms with E-state index in [4.69, 9.17) is 21.3 Å². The minimum absolute atomic E-state index is 0.302. The molecule has 6 nitrogen and oxygen atoms in total. The number of anilines is 1. The zero-order chi connectivity index (χ0) is 32.5. The number of fused-ring (bicyclic) bond motifs is 2. The third-order valence-corrected chi connectivity index (χ3v) is 9.23. The van der Waals surface area contributed by atoms with E-state index in [1.54, 1.807) is 31.2 Å². The molecule has 1 N–H and O–H groups in total. The van der Waals surface area contributed by atoms with Gasteiger partial charge < -0.3 is 10.1 Å². The highest BCUT2D eigenvalue weighted by Crippen LogP contribution is 2.32. The number of allylic oxidation sites excluding steroid dienone is 1. The largest absolute Gasteiger partial charge is 0.488 e. The Labute approximate surface area is 278 Å². The van der Waals surface area contributed by atoms with Gasteiger partial charge in [-0.25, -0.2) is 9.38 Å². The van der Waals surface area contributed by atoms with Crippen LogP contribution in [0.15, 0.2) is 136 Å². The van der Waals surface area contributed by atoms with Crippen molar-refractivity contribution in [2.24, 2.45) is 4.99 Å². The van der Waals surface area contributed by atoms with E-state index in [-0.39, 0.29) is 5.56 Å². The molecule has 2 heterocycles. The predicted octanol–water partition coefficient (Wildman–Crippen LogP) is 7.40. The molecule has 47 heavy (non-hydrogen) atoms. The van der Waals surface area contributed by atoms with Crippen molar-refractivity contribution >= 4 is 51.4 Å².